The highest BCUT2D eigenvalue weighted by molar-refractivity contribution is 9.10. The van der Waals surface area contributed by atoms with E-state index < -0.39 is 48.3 Å². The topological polar surface area (TPSA) is 75.4 Å². The highest BCUT2D eigenvalue weighted by atomic mass is 79.9. The Balaban J connectivity index is 2.65. The number of hydrogen-bond donors (Lipinski definition) is 2. The number of primary amides is 1. The van der Waals surface area contributed by atoms with E-state index in [9.17, 15) is 27.2 Å². The first kappa shape index (κ1) is 25.1. The number of nitrogens with two attached hydrogens (primary N) is 1. The number of carbonyl (C=O) groups is 2. The fourth-order valence-corrected chi connectivity index (χ4v) is 3.62. The molecule has 1 heterocycles. The van der Waals surface area contributed by atoms with Gasteiger partial charge in [-0.25, -0.2) is 4.39 Å². The van der Waals surface area contributed by atoms with Crippen LogP contribution in [0.4, 0.5) is 17.6 Å². The number of nitrogens with zero attached hydrogens (tertiary/aromatic N) is 1. The maximum Gasteiger partial charge on any atom is 0.461 e. The Kier molecular flexibility index (Phi) is 8.11. The number of alkyl halides is 4. The molecular weight excluding hydrogens is 482 g/mol. The van der Waals surface area contributed by atoms with Crippen molar-refractivity contribution in [2.75, 3.05) is 0 Å². The molecule has 5 nitrogen and oxygen atoms in total. The second-order valence-corrected chi connectivity index (χ2v) is 8.86. The molecule has 0 aromatic heterocycles. The van der Waals surface area contributed by atoms with Crippen molar-refractivity contribution in [2.45, 2.75) is 69.6 Å². The van der Waals surface area contributed by atoms with Crippen LogP contribution < -0.4 is 11.1 Å². The summed E-state index contributed by atoms with van der Waals surface area (Å²) in [6.45, 7) is 2.18. The van der Waals surface area contributed by atoms with Crippen LogP contribution in [-0.2, 0) is 9.59 Å². The van der Waals surface area contributed by atoms with Gasteiger partial charge in [-0.15, -0.1) is 5.92 Å². The van der Waals surface area contributed by atoms with Gasteiger partial charge in [-0.3, -0.25) is 9.59 Å². The van der Waals surface area contributed by atoms with Gasteiger partial charge in [0.2, 0.25) is 11.8 Å². The standard InChI is InChI=1S/C21H24BrF4N3O2/c1-20(2,23)12-17-19(31)28-15(18(27)30)6-4-3-5-7-16(29(17)21(24,25)26)13-8-10-14(22)11-9-13/h8-11,15-17H,3-4,6,12H2,1-2H3,(H2,27,30)(H,28,31). The first-order valence-corrected chi connectivity index (χ1v) is 10.5. The van der Waals surface area contributed by atoms with Crippen molar-refractivity contribution >= 4 is 27.7 Å². The van der Waals surface area contributed by atoms with E-state index in [0.717, 1.165) is 13.8 Å². The average molecular weight is 506 g/mol. The molecular formula is C21H24BrF4N3O2. The molecule has 0 saturated heterocycles. The monoisotopic (exact) mass is 505 g/mol. The Bertz CT molecular complexity index is 857. The summed E-state index contributed by atoms with van der Waals surface area (Å²) in [5.74, 6) is 3.33. The van der Waals surface area contributed by atoms with Gasteiger partial charge in [0.1, 0.15) is 23.8 Å². The molecule has 170 valence electrons. The lowest BCUT2D eigenvalue weighted by atomic mass is 9.95. The van der Waals surface area contributed by atoms with E-state index in [1.54, 1.807) is 12.1 Å². The molecule has 0 saturated carbocycles. The van der Waals surface area contributed by atoms with Gasteiger partial charge in [-0.1, -0.05) is 34.0 Å². The molecule has 3 unspecified atom stereocenters. The van der Waals surface area contributed by atoms with E-state index >= 15 is 0 Å². The van der Waals surface area contributed by atoms with Crippen molar-refractivity contribution in [3.8, 4) is 11.8 Å². The van der Waals surface area contributed by atoms with E-state index in [1.165, 1.54) is 12.1 Å². The number of amides is 2. The SMILES string of the molecule is CC(C)(F)CC1C(=O)NC(C(N)=O)CCCC#CC(c2ccc(Br)cc2)N1C(F)(F)F. The molecule has 1 aromatic carbocycles. The van der Waals surface area contributed by atoms with Gasteiger partial charge < -0.3 is 11.1 Å². The molecule has 0 aliphatic carbocycles. The number of rotatable bonds is 4. The fraction of sp³-hybridized carbons (Fsp3) is 0.524. The highest BCUT2D eigenvalue weighted by Gasteiger charge is 2.50. The normalized spacial score (nSPS) is 23.8. The van der Waals surface area contributed by atoms with Gasteiger partial charge in [0, 0.05) is 17.3 Å². The summed E-state index contributed by atoms with van der Waals surface area (Å²) in [6, 6.07) is 1.37. The van der Waals surface area contributed by atoms with Crippen LogP contribution in [0, 0.1) is 11.8 Å². The van der Waals surface area contributed by atoms with E-state index in [0.29, 0.717) is 10.9 Å². The Hall–Kier alpha value is -2.12. The van der Waals surface area contributed by atoms with Crippen molar-refractivity contribution in [3.05, 3.63) is 34.3 Å². The van der Waals surface area contributed by atoms with Gasteiger partial charge in [0.05, 0.1) is 0 Å². The Morgan fingerprint density at radius 1 is 1.26 bits per heavy atom. The summed E-state index contributed by atoms with van der Waals surface area (Å²) >= 11 is 3.24. The minimum atomic E-state index is -5.02. The van der Waals surface area contributed by atoms with Crippen molar-refractivity contribution in [1.82, 2.24) is 10.2 Å². The first-order chi connectivity index (χ1) is 14.3. The molecule has 0 fully saturated rings. The van der Waals surface area contributed by atoms with Crippen molar-refractivity contribution in [2.24, 2.45) is 5.73 Å². The Morgan fingerprint density at radius 3 is 2.39 bits per heavy atom. The van der Waals surface area contributed by atoms with E-state index in [4.69, 9.17) is 5.73 Å². The van der Waals surface area contributed by atoms with E-state index in [-0.39, 0.29) is 23.3 Å². The van der Waals surface area contributed by atoms with Crippen LogP contribution in [0.1, 0.15) is 51.1 Å². The summed E-state index contributed by atoms with van der Waals surface area (Å²) in [4.78, 5) is 24.6. The molecule has 3 atom stereocenters. The van der Waals surface area contributed by atoms with Gasteiger partial charge in [-0.05, 0) is 44.4 Å². The van der Waals surface area contributed by atoms with Crippen LogP contribution in [-0.4, -0.2) is 40.8 Å². The maximum atomic E-state index is 14.5. The highest BCUT2D eigenvalue weighted by Crippen LogP contribution is 2.37. The molecule has 3 N–H and O–H groups in total. The Labute approximate surface area is 186 Å². The zero-order valence-electron chi connectivity index (χ0n) is 17.1. The summed E-state index contributed by atoms with van der Waals surface area (Å²) in [6.07, 6.45) is -5.11. The van der Waals surface area contributed by atoms with Gasteiger partial charge in [-0.2, -0.15) is 18.1 Å². The molecule has 31 heavy (non-hydrogen) atoms. The van der Waals surface area contributed by atoms with Crippen molar-refractivity contribution < 1.29 is 27.2 Å². The molecule has 0 spiro atoms. The number of benzene rings is 1. The molecule has 10 heteroatoms. The molecule has 1 aromatic rings. The predicted octanol–water partition coefficient (Wildman–Crippen LogP) is 3.98. The third-order valence-corrected chi connectivity index (χ3v) is 5.30. The van der Waals surface area contributed by atoms with Crippen LogP contribution >= 0.6 is 15.9 Å². The zero-order valence-corrected chi connectivity index (χ0v) is 18.7. The average Bonchev–Trinajstić information content (AvgIpc) is 2.65. The number of hydrogen-bond acceptors (Lipinski definition) is 3. The van der Waals surface area contributed by atoms with Gasteiger partial charge >= 0.3 is 6.30 Å². The summed E-state index contributed by atoms with van der Waals surface area (Å²) < 4.78 is 58.1. The Morgan fingerprint density at radius 2 is 1.87 bits per heavy atom. The second-order valence-electron chi connectivity index (χ2n) is 7.94. The van der Waals surface area contributed by atoms with Crippen molar-refractivity contribution in [1.29, 1.82) is 0 Å². The number of carbonyl (C=O) groups excluding carboxylic acids is 2. The molecule has 2 amide bonds. The van der Waals surface area contributed by atoms with Crippen LogP contribution in [0.2, 0.25) is 0 Å². The summed E-state index contributed by atoms with van der Waals surface area (Å²) in [5.41, 5.74) is 3.40. The van der Waals surface area contributed by atoms with Crippen LogP contribution in [0.5, 0.6) is 0 Å². The zero-order chi connectivity index (χ0) is 23.4. The molecule has 0 radical (unpaired) electrons. The fourth-order valence-electron chi connectivity index (χ4n) is 3.36. The van der Waals surface area contributed by atoms with Gasteiger partial charge in [0.25, 0.3) is 0 Å². The van der Waals surface area contributed by atoms with E-state index in [2.05, 4.69) is 33.1 Å². The third-order valence-electron chi connectivity index (χ3n) is 4.77. The molecule has 0 bridgehead atoms. The van der Waals surface area contributed by atoms with Crippen LogP contribution in [0.15, 0.2) is 28.7 Å². The predicted molar refractivity (Wildman–Crippen MR) is 111 cm³/mol. The van der Waals surface area contributed by atoms with Crippen LogP contribution in [0.3, 0.4) is 0 Å². The minimum Gasteiger partial charge on any atom is -0.368 e. The first-order valence-electron chi connectivity index (χ1n) is 9.67. The summed E-state index contributed by atoms with van der Waals surface area (Å²) in [5, 5.41) is 2.28. The maximum absolute atomic E-state index is 14.5. The van der Waals surface area contributed by atoms with Gasteiger partial charge in [0.15, 0.2) is 0 Å². The number of nitrogens with one attached hydrogen (secondary N) is 1. The van der Waals surface area contributed by atoms with Crippen LogP contribution in [0.25, 0.3) is 0 Å². The molecule has 1 aliphatic rings. The number of halogens is 5. The molecule has 2 rings (SSSR count). The van der Waals surface area contributed by atoms with E-state index in [1.807, 2.05) is 0 Å². The smallest absolute Gasteiger partial charge is 0.368 e. The second kappa shape index (κ2) is 10.0. The van der Waals surface area contributed by atoms with Crippen molar-refractivity contribution in [3.63, 3.8) is 0 Å². The molecule has 1 aliphatic heterocycles. The lowest BCUT2D eigenvalue weighted by molar-refractivity contribution is -0.267. The lowest BCUT2D eigenvalue weighted by Gasteiger charge is -2.38. The largest absolute Gasteiger partial charge is 0.461 e. The third kappa shape index (κ3) is 7.21. The quantitative estimate of drug-likeness (QED) is 0.369. The lowest BCUT2D eigenvalue weighted by Crippen LogP contribution is -2.58. The summed E-state index contributed by atoms with van der Waals surface area (Å²) in [7, 11) is 0. The minimum absolute atomic E-state index is 0.0384.